The van der Waals surface area contributed by atoms with E-state index >= 15 is 0 Å². The Morgan fingerprint density at radius 3 is 2.33 bits per heavy atom. The van der Waals surface area contributed by atoms with Crippen LogP contribution in [0.15, 0.2) is 0 Å². The third-order valence-electron chi connectivity index (χ3n) is 3.73. The van der Waals surface area contributed by atoms with Gasteiger partial charge in [-0.2, -0.15) is 0 Å². The monoisotopic (exact) mass is 212 g/mol. The molecule has 88 valence electrons. The summed E-state index contributed by atoms with van der Waals surface area (Å²) in [5.74, 6) is 6.40. The molecule has 3 fully saturated rings. The zero-order chi connectivity index (χ0) is 10.8. The molecule has 0 spiro atoms. The molecule has 0 aromatic carbocycles. The normalized spacial score (nSPS) is 37.2. The Morgan fingerprint density at radius 1 is 1.27 bits per heavy atom. The summed E-state index contributed by atoms with van der Waals surface area (Å²) >= 11 is 0. The molecular formula is C11H24N4. The number of nitrogens with one attached hydrogen (secondary N) is 1. The van der Waals surface area contributed by atoms with Gasteiger partial charge in [-0.1, -0.05) is 13.8 Å². The summed E-state index contributed by atoms with van der Waals surface area (Å²) < 4.78 is 0. The molecule has 3 aliphatic heterocycles. The first kappa shape index (κ1) is 11.3. The molecule has 3 saturated heterocycles. The van der Waals surface area contributed by atoms with Crippen LogP contribution >= 0.6 is 0 Å². The fourth-order valence-corrected chi connectivity index (χ4v) is 2.88. The molecule has 2 unspecified atom stereocenters. The van der Waals surface area contributed by atoms with Crippen molar-refractivity contribution >= 4 is 0 Å². The van der Waals surface area contributed by atoms with E-state index in [2.05, 4.69) is 29.1 Å². The number of nitrogens with two attached hydrogens (primary N) is 1. The van der Waals surface area contributed by atoms with Crippen LogP contribution in [-0.4, -0.2) is 54.6 Å². The Hall–Kier alpha value is -0.160. The van der Waals surface area contributed by atoms with E-state index in [9.17, 15) is 0 Å². The summed E-state index contributed by atoms with van der Waals surface area (Å²) in [5.41, 5.74) is 3.02. The molecular weight excluding hydrogens is 188 g/mol. The van der Waals surface area contributed by atoms with Gasteiger partial charge in [-0.15, -0.1) is 0 Å². The summed E-state index contributed by atoms with van der Waals surface area (Å²) in [6, 6.07) is 1.08. The summed E-state index contributed by atoms with van der Waals surface area (Å²) in [6.07, 6.45) is 1.17. The van der Waals surface area contributed by atoms with E-state index in [1.165, 1.54) is 39.1 Å². The molecule has 3 heterocycles. The first-order valence-electron chi connectivity index (χ1n) is 6.13. The number of hydrogen-bond acceptors (Lipinski definition) is 4. The lowest BCUT2D eigenvalue weighted by atomic mass is 9.93. The van der Waals surface area contributed by atoms with Gasteiger partial charge in [0.25, 0.3) is 0 Å². The average Bonchev–Trinajstić information content (AvgIpc) is 2.27. The Morgan fingerprint density at radius 2 is 1.93 bits per heavy atom. The van der Waals surface area contributed by atoms with Crippen LogP contribution in [-0.2, 0) is 0 Å². The van der Waals surface area contributed by atoms with Gasteiger partial charge in [0.15, 0.2) is 0 Å². The van der Waals surface area contributed by atoms with Crippen LogP contribution in [0.2, 0.25) is 0 Å². The van der Waals surface area contributed by atoms with E-state index in [0.29, 0.717) is 18.0 Å². The van der Waals surface area contributed by atoms with Gasteiger partial charge in [0.2, 0.25) is 0 Å². The lowest BCUT2D eigenvalue weighted by Gasteiger charge is -2.50. The van der Waals surface area contributed by atoms with Gasteiger partial charge in [0.1, 0.15) is 0 Å². The van der Waals surface area contributed by atoms with Crippen molar-refractivity contribution in [2.45, 2.75) is 32.4 Å². The van der Waals surface area contributed by atoms with Gasteiger partial charge in [-0.05, 0) is 12.3 Å². The molecule has 3 N–H and O–H groups in total. The molecule has 15 heavy (non-hydrogen) atoms. The van der Waals surface area contributed by atoms with Crippen molar-refractivity contribution in [2.75, 3.05) is 32.7 Å². The summed E-state index contributed by atoms with van der Waals surface area (Å²) in [5, 5.41) is 0. The predicted molar refractivity (Wildman–Crippen MR) is 62.4 cm³/mol. The van der Waals surface area contributed by atoms with E-state index in [0.717, 1.165) is 0 Å². The van der Waals surface area contributed by atoms with E-state index in [1.807, 2.05) is 0 Å². The molecule has 2 bridgehead atoms. The fourth-order valence-electron chi connectivity index (χ4n) is 2.88. The van der Waals surface area contributed by atoms with Crippen LogP contribution in [0.5, 0.6) is 0 Å². The van der Waals surface area contributed by atoms with E-state index in [1.54, 1.807) is 0 Å². The standard InChI is InChI=1S/C11H24N4/c1-9(2)7-10(13-12)11-8-14-3-5-15(11)6-4-14/h9-11,13H,3-8,12H2,1-2H3. The van der Waals surface area contributed by atoms with E-state index in [4.69, 9.17) is 5.84 Å². The fraction of sp³-hybridized carbons (Fsp3) is 1.00. The Kier molecular flexibility index (Phi) is 3.61. The van der Waals surface area contributed by atoms with Crippen molar-refractivity contribution in [1.29, 1.82) is 0 Å². The van der Waals surface area contributed by atoms with Crippen molar-refractivity contribution in [3.63, 3.8) is 0 Å². The molecule has 4 nitrogen and oxygen atoms in total. The molecule has 4 heteroatoms. The minimum absolute atomic E-state index is 0.452. The first-order valence-corrected chi connectivity index (χ1v) is 6.13. The topological polar surface area (TPSA) is 44.5 Å². The molecule has 0 radical (unpaired) electrons. The average molecular weight is 212 g/mol. The van der Waals surface area contributed by atoms with Crippen LogP contribution in [0.3, 0.4) is 0 Å². The van der Waals surface area contributed by atoms with E-state index < -0.39 is 0 Å². The molecule has 0 saturated carbocycles. The van der Waals surface area contributed by atoms with Gasteiger partial charge in [-0.3, -0.25) is 21.1 Å². The van der Waals surface area contributed by atoms with Crippen LogP contribution in [0.25, 0.3) is 0 Å². The molecule has 0 aromatic rings. The van der Waals surface area contributed by atoms with Gasteiger partial charge in [-0.25, -0.2) is 0 Å². The summed E-state index contributed by atoms with van der Waals surface area (Å²) in [4.78, 5) is 5.17. The quantitative estimate of drug-likeness (QED) is 0.503. The molecule has 0 aliphatic carbocycles. The third-order valence-corrected chi connectivity index (χ3v) is 3.73. The lowest BCUT2D eigenvalue weighted by molar-refractivity contribution is -0.00626. The van der Waals surface area contributed by atoms with Crippen molar-refractivity contribution in [3.05, 3.63) is 0 Å². The maximum absolute atomic E-state index is 5.69. The number of hydrogen-bond donors (Lipinski definition) is 2. The van der Waals surface area contributed by atoms with Crippen LogP contribution in [0.1, 0.15) is 20.3 Å². The zero-order valence-electron chi connectivity index (χ0n) is 9.95. The molecule has 3 aliphatic rings. The van der Waals surface area contributed by atoms with Gasteiger partial charge in [0, 0.05) is 44.8 Å². The second kappa shape index (κ2) is 4.78. The lowest BCUT2D eigenvalue weighted by Crippen LogP contribution is -2.67. The summed E-state index contributed by atoms with van der Waals surface area (Å²) in [7, 11) is 0. The highest BCUT2D eigenvalue weighted by atomic mass is 15.4. The van der Waals surface area contributed by atoms with Gasteiger partial charge < -0.3 is 0 Å². The second-order valence-electron chi connectivity index (χ2n) is 5.31. The first-order chi connectivity index (χ1) is 7.20. The molecule has 0 aromatic heterocycles. The number of nitrogens with zero attached hydrogens (tertiary/aromatic N) is 2. The Balaban J connectivity index is 1.95. The van der Waals surface area contributed by atoms with E-state index in [-0.39, 0.29) is 0 Å². The van der Waals surface area contributed by atoms with Crippen LogP contribution in [0, 0.1) is 5.92 Å². The van der Waals surface area contributed by atoms with Crippen molar-refractivity contribution < 1.29 is 0 Å². The van der Waals surface area contributed by atoms with Crippen LogP contribution in [0.4, 0.5) is 0 Å². The number of fused-ring (bicyclic) bond motifs is 3. The summed E-state index contributed by atoms with van der Waals surface area (Å²) in [6.45, 7) is 10.7. The number of rotatable bonds is 4. The maximum Gasteiger partial charge on any atom is 0.0391 e. The number of hydrazine groups is 1. The predicted octanol–water partition coefficient (Wildman–Crippen LogP) is -0.136. The minimum Gasteiger partial charge on any atom is -0.299 e. The number of piperazine rings is 3. The molecule has 0 amide bonds. The SMILES string of the molecule is CC(C)CC(NN)C1CN2CCN1CC2. The molecule has 2 atom stereocenters. The smallest absolute Gasteiger partial charge is 0.0391 e. The third kappa shape index (κ3) is 2.50. The largest absolute Gasteiger partial charge is 0.299 e. The molecule has 3 rings (SSSR count). The highest BCUT2D eigenvalue weighted by molar-refractivity contribution is 4.94. The highest BCUT2D eigenvalue weighted by Gasteiger charge is 2.36. The van der Waals surface area contributed by atoms with Gasteiger partial charge in [0.05, 0.1) is 0 Å². The van der Waals surface area contributed by atoms with Crippen molar-refractivity contribution in [1.82, 2.24) is 15.2 Å². The second-order valence-corrected chi connectivity index (χ2v) is 5.31. The van der Waals surface area contributed by atoms with Gasteiger partial charge >= 0.3 is 0 Å². The zero-order valence-corrected chi connectivity index (χ0v) is 9.95. The highest BCUT2D eigenvalue weighted by Crippen LogP contribution is 2.21. The van der Waals surface area contributed by atoms with Crippen LogP contribution < -0.4 is 11.3 Å². The van der Waals surface area contributed by atoms with Crippen molar-refractivity contribution in [2.24, 2.45) is 11.8 Å². The Bertz CT molecular complexity index is 199. The maximum atomic E-state index is 5.69. The van der Waals surface area contributed by atoms with Crippen molar-refractivity contribution in [3.8, 4) is 0 Å². The minimum atomic E-state index is 0.452. The Labute approximate surface area is 92.8 Å².